The molecule has 4 rings (SSSR count). The molecule has 39 heavy (non-hydrogen) atoms. The maximum atomic E-state index is 13.8. The molecular formula is C31H38N2O5S. The third-order valence-electron chi connectivity index (χ3n) is 6.73. The number of hydrogen-bond donors (Lipinski definition) is 1. The van der Waals surface area contributed by atoms with Crippen LogP contribution in [-0.4, -0.2) is 40.1 Å². The van der Waals surface area contributed by atoms with E-state index in [2.05, 4.69) is 33.0 Å². The Labute approximate surface area is 232 Å². The zero-order valence-corrected chi connectivity index (χ0v) is 24.2. The average molecular weight is 551 g/mol. The van der Waals surface area contributed by atoms with Crippen molar-refractivity contribution in [1.82, 2.24) is 5.32 Å². The number of rotatable bonds is 9. The van der Waals surface area contributed by atoms with Gasteiger partial charge in [0.1, 0.15) is 18.1 Å². The summed E-state index contributed by atoms with van der Waals surface area (Å²) in [6.07, 6.45) is 1.10. The minimum atomic E-state index is -3.94. The van der Waals surface area contributed by atoms with Crippen molar-refractivity contribution in [2.75, 3.05) is 24.0 Å². The summed E-state index contributed by atoms with van der Waals surface area (Å²) in [6.45, 7) is 10.6. The fourth-order valence-corrected chi connectivity index (χ4v) is 5.89. The highest BCUT2D eigenvalue weighted by molar-refractivity contribution is 7.92. The van der Waals surface area contributed by atoms with Gasteiger partial charge in [-0.2, -0.15) is 0 Å². The van der Waals surface area contributed by atoms with Gasteiger partial charge >= 0.3 is 0 Å². The fraction of sp³-hybridized carbons (Fsp3) is 0.387. The lowest BCUT2D eigenvalue weighted by Crippen LogP contribution is -2.51. The van der Waals surface area contributed by atoms with E-state index >= 15 is 0 Å². The number of nitrogens with one attached hydrogen (secondary N) is 1. The largest absolute Gasteiger partial charge is 0.492 e. The van der Waals surface area contributed by atoms with Crippen LogP contribution in [0.3, 0.4) is 0 Å². The van der Waals surface area contributed by atoms with Gasteiger partial charge in [-0.25, -0.2) is 8.42 Å². The Balaban J connectivity index is 1.50. The molecule has 1 heterocycles. The van der Waals surface area contributed by atoms with Gasteiger partial charge in [-0.05, 0) is 66.3 Å². The molecule has 0 saturated heterocycles. The van der Waals surface area contributed by atoms with Gasteiger partial charge in [-0.15, -0.1) is 0 Å². The number of benzene rings is 3. The van der Waals surface area contributed by atoms with Gasteiger partial charge in [0.25, 0.3) is 15.9 Å². The molecule has 1 aliphatic heterocycles. The first-order valence-corrected chi connectivity index (χ1v) is 14.8. The van der Waals surface area contributed by atoms with E-state index in [1.807, 2.05) is 43.3 Å². The summed E-state index contributed by atoms with van der Waals surface area (Å²) in [6, 6.07) is 20.1. The van der Waals surface area contributed by atoms with Gasteiger partial charge in [0.15, 0.2) is 6.10 Å². The second-order valence-corrected chi connectivity index (χ2v) is 12.8. The summed E-state index contributed by atoms with van der Waals surface area (Å²) in [7, 11) is -3.94. The number of fused-ring (bicyclic) bond motifs is 1. The van der Waals surface area contributed by atoms with Crippen LogP contribution >= 0.6 is 0 Å². The number of carbonyl (C=O) groups is 1. The van der Waals surface area contributed by atoms with E-state index in [1.54, 1.807) is 30.3 Å². The number of hydrogen-bond acceptors (Lipinski definition) is 5. The number of amides is 1. The molecule has 0 aromatic heterocycles. The molecular weight excluding hydrogens is 512 g/mol. The van der Waals surface area contributed by atoms with Gasteiger partial charge in [-0.1, -0.05) is 70.0 Å². The van der Waals surface area contributed by atoms with E-state index in [0.29, 0.717) is 11.4 Å². The lowest BCUT2D eigenvalue weighted by molar-refractivity contribution is -0.127. The molecule has 0 fully saturated rings. The molecule has 1 amide bonds. The summed E-state index contributed by atoms with van der Waals surface area (Å²) < 4.78 is 40.7. The highest BCUT2D eigenvalue weighted by Gasteiger charge is 2.38. The maximum absolute atomic E-state index is 13.8. The van der Waals surface area contributed by atoms with Gasteiger partial charge in [0.05, 0.1) is 23.7 Å². The molecule has 1 aliphatic rings. The summed E-state index contributed by atoms with van der Waals surface area (Å²) >= 11 is 0. The minimum absolute atomic E-state index is 0.137. The highest BCUT2D eigenvalue weighted by Crippen LogP contribution is 2.40. The van der Waals surface area contributed by atoms with Crippen molar-refractivity contribution in [2.24, 2.45) is 0 Å². The molecule has 0 radical (unpaired) electrons. The highest BCUT2D eigenvalue weighted by atomic mass is 32.2. The van der Waals surface area contributed by atoms with Crippen molar-refractivity contribution in [3.63, 3.8) is 0 Å². The van der Waals surface area contributed by atoms with Crippen LogP contribution in [0.1, 0.15) is 50.8 Å². The summed E-state index contributed by atoms with van der Waals surface area (Å²) in [4.78, 5) is 13.3. The zero-order valence-electron chi connectivity index (χ0n) is 23.4. The smallest absolute Gasteiger partial charge is 0.264 e. The summed E-state index contributed by atoms with van der Waals surface area (Å²) in [5.74, 6) is 0.692. The first kappa shape index (κ1) is 28.5. The van der Waals surface area contributed by atoms with Crippen molar-refractivity contribution in [1.29, 1.82) is 0 Å². The van der Waals surface area contributed by atoms with E-state index in [1.165, 1.54) is 9.87 Å². The SMILES string of the molecule is CCCc1ccc(OCCNC(=O)C2CN(S(=O)(=O)c3ccc(C)cc3)c3cc(C(C)(C)C)ccc3O2)cc1. The quantitative estimate of drug-likeness (QED) is 0.361. The number of aryl methyl sites for hydroxylation is 2. The van der Waals surface area contributed by atoms with E-state index < -0.39 is 22.0 Å². The lowest BCUT2D eigenvalue weighted by atomic mass is 9.86. The van der Waals surface area contributed by atoms with E-state index in [-0.39, 0.29) is 30.0 Å². The monoisotopic (exact) mass is 550 g/mol. The first-order chi connectivity index (χ1) is 18.5. The molecule has 1 atom stereocenters. The predicted octanol–water partition coefficient (Wildman–Crippen LogP) is 5.40. The molecule has 1 N–H and O–H groups in total. The normalized spacial score (nSPS) is 15.3. The number of ether oxygens (including phenoxy) is 2. The van der Waals surface area contributed by atoms with Crippen molar-refractivity contribution < 1.29 is 22.7 Å². The topological polar surface area (TPSA) is 84.9 Å². The van der Waals surface area contributed by atoms with Gasteiger partial charge in [0, 0.05) is 0 Å². The molecule has 0 spiro atoms. The average Bonchev–Trinajstić information content (AvgIpc) is 2.90. The van der Waals surface area contributed by atoms with Crippen LogP contribution in [0.15, 0.2) is 71.6 Å². The molecule has 3 aromatic rings. The Morgan fingerprint density at radius 1 is 1.05 bits per heavy atom. The zero-order chi connectivity index (χ0) is 28.2. The van der Waals surface area contributed by atoms with E-state index in [4.69, 9.17) is 9.47 Å². The molecule has 8 heteroatoms. The van der Waals surface area contributed by atoms with Gasteiger partial charge in [0.2, 0.25) is 0 Å². The van der Waals surface area contributed by atoms with Gasteiger partial charge < -0.3 is 14.8 Å². The number of sulfonamides is 1. The first-order valence-electron chi connectivity index (χ1n) is 13.4. The van der Waals surface area contributed by atoms with Crippen molar-refractivity contribution in [3.05, 3.63) is 83.4 Å². The van der Waals surface area contributed by atoms with Gasteiger partial charge in [-0.3, -0.25) is 9.10 Å². The van der Waals surface area contributed by atoms with Crippen LogP contribution in [0.25, 0.3) is 0 Å². The van der Waals surface area contributed by atoms with Crippen molar-refractivity contribution >= 4 is 21.6 Å². The second kappa shape index (κ2) is 11.7. The molecule has 3 aromatic carbocycles. The maximum Gasteiger partial charge on any atom is 0.264 e. The fourth-order valence-electron chi connectivity index (χ4n) is 4.42. The molecule has 0 bridgehead atoms. The Bertz CT molecular complexity index is 1390. The van der Waals surface area contributed by atoms with Crippen molar-refractivity contribution in [2.45, 2.75) is 63.9 Å². The molecule has 7 nitrogen and oxygen atoms in total. The number of anilines is 1. The Hall–Kier alpha value is -3.52. The Morgan fingerprint density at radius 3 is 2.38 bits per heavy atom. The van der Waals surface area contributed by atoms with Crippen LogP contribution in [0.4, 0.5) is 5.69 Å². The molecule has 0 saturated carbocycles. The van der Waals surface area contributed by atoms with Crippen molar-refractivity contribution in [3.8, 4) is 11.5 Å². The van der Waals surface area contributed by atoms with Crippen LogP contribution < -0.4 is 19.1 Å². The Kier molecular flexibility index (Phi) is 8.54. The van der Waals surface area contributed by atoms with Crippen LogP contribution in [0.2, 0.25) is 0 Å². The summed E-state index contributed by atoms with van der Waals surface area (Å²) in [5, 5.41) is 2.83. The Morgan fingerprint density at radius 2 is 1.74 bits per heavy atom. The third-order valence-corrected chi connectivity index (χ3v) is 8.52. The summed E-state index contributed by atoms with van der Waals surface area (Å²) in [5.41, 5.74) is 3.42. The molecule has 1 unspecified atom stereocenters. The van der Waals surface area contributed by atoms with E-state index in [9.17, 15) is 13.2 Å². The number of nitrogens with zero attached hydrogens (tertiary/aromatic N) is 1. The molecule has 208 valence electrons. The number of carbonyl (C=O) groups excluding carboxylic acids is 1. The third kappa shape index (κ3) is 6.74. The van der Waals surface area contributed by atoms with Crippen LogP contribution in [0, 0.1) is 6.92 Å². The van der Waals surface area contributed by atoms with Crippen LogP contribution in [-0.2, 0) is 26.7 Å². The standard InChI is InChI=1S/C31H38N2O5S/c1-6-7-23-10-13-25(14-11-23)37-19-18-32-30(34)29-21-33(39(35,36)26-15-8-22(2)9-16-26)27-20-24(31(3,4)5)12-17-28(27)38-29/h8-17,20,29H,6-7,18-19,21H2,1-5H3,(H,32,34). The van der Waals surface area contributed by atoms with E-state index in [0.717, 1.165) is 29.7 Å². The minimum Gasteiger partial charge on any atom is -0.492 e. The molecule has 0 aliphatic carbocycles. The van der Waals surface area contributed by atoms with Crippen LogP contribution in [0.5, 0.6) is 11.5 Å². The predicted molar refractivity (Wildman–Crippen MR) is 154 cm³/mol. The lowest BCUT2D eigenvalue weighted by Gasteiger charge is -2.36. The second-order valence-electron chi connectivity index (χ2n) is 10.9.